The van der Waals surface area contributed by atoms with Crippen LogP contribution in [0.3, 0.4) is 0 Å². The molecule has 1 aromatic carbocycles. The van der Waals surface area contributed by atoms with E-state index in [0.29, 0.717) is 0 Å². The van der Waals surface area contributed by atoms with Crippen LogP contribution in [0.4, 0.5) is 0 Å². The van der Waals surface area contributed by atoms with E-state index in [4.69, 9.17) is 11.6 Å². The van der Waals surface area contributed by atoms with Gasteiger partial charge in [-0.25, -0.2) is 0 Å². The van der Waals surface area contributed by atoms with Crippen LogP contribution >= 0.6 is 11.6 Å². The summed E-state index contributed by atoms with van der Waals surface area (Å²) >= 11 is 6.35. The Labute approximate surface area is 108 Å². The van der Waals surface area contributed by atoms with Gasteiger partial charge in [0.15, 0.2) is 0 Å². The number of fused-ring (bicyclic) bond motifs is 1. The Balaban J connectivity index is 2.38. The zero-order valence-corrected chi connectivity index (χ0v) is 11.2. The van der Waals surface area contributed by atoms with Gasteiger partial charge in [-0.2, -0.15) is 0 Å². The summed E-state index contributed by atoms with van der Waals surface area (Å²) in [6, 6.07) is 10.4. The lowest BCUT2D eigenvalue weighted by Gasteiger charge is -2.11. The summed E-state index contributed by atoms with van der Waals surface area (Å²) in [4.78, 5) is 4.55. The average molecular weight is 248 g/mol. The summed E-state index contributed by atoms with van der Waals surface area (Å²) in [5, 5.41) is 1.46. The van der Waals surface area contributed by atoms with Crippen LogP contribution in [0.5, 0.6) is 0 Å². The molecule has 0 amide bonds. The van der Waals surface area contributed by atoms with Crippen LogP contribution in [0.25, 0.3) is 10.9 Å². The molecule has 0 saturated heterocycles. The van der Waals surface area contributed by atoms with Crippen molar-refractivity contribution in [2.45, 2.75) is 38.5 Å². The van der Waals surface area contributed by atoms with Crippen LogP contribution in [0, 0.1) is 6.92 Å². The van der Waals surface area contributed by atoms with Crippen LogP contribution in [0.2, 0.25) is 0 Å². The Bertz CT molecular complexity index is 507. The van der Waals surface area contributed by atoms with Crippen molar-refractivity contribution in [2.24, 2.45) is 0 Å². The molecule has 0 bridgehead atoms. The summed E-state index contributed by atoms with van der Waals surface area (Å²) < 4.78 is 0. The summed E-state index contributed by atoms with van der Waals surface area (Å²) in [7, 11) is 0. The number of nitrogens with zero attached hydrogens (tertiary/aromatic N) is 1. The van der Waals surface area contributed by atoms with Crippen molar-refractivity contribution in [2.75, 3.05) is 0 Å². The number of aromatic nitrogens is 1. The molecule has 0 saturated carbocycles. The molecule has 1 nitrogen and oxygen atoms in total. The van der Waals surface area contributed by atoms with E-state index >= 15 is 0 Å². The van der Waals surface area contributed by atoms with E-state index in [1.54, 1.807) is 0 Å². The minimum Gasteiger partial charge on any atom is -0.253 e. The molecule has 90 valence electrons. The smallest absolute Gasteiger partial charge is 0.0707 e. The molecule has 2 heteroatoms. The molecule has 0 spiro atoms. The van der Waals surface area contributed by atoms with E-state index in [2.05, 4.69) is 36.2 Å². The van der Waals surface area contributed by atoms with Crippen molar-refractivity contribution in [1.29, 1.82) is 0 Å². The second-order valence-electron chi connectivity index (χ2n) is 4.53. The molecule has 0 fully saturated rings. The number of aryl methyl sites for hydroxylation is 1. The van der Waals surface area contributed by atoms with Crippen molar-refractivity contribution in [1.82, 2.24) is 4.98 Å². The van der Waals surface area contributed by atoms with Gasteiger partial charge in [-0.3, -0.25) is 4.98 Å². The quantitative estimate of drug-likeness (QED) is 0.726. The van der Waals surface area contributed by atoms with Gasteiger partial charge in [-0.15, -0.1) is 11.6 Å². The first-order valence-corrected chi connectivity index (χ1v) is 6.63. The first kappa shape index (κ1) is 12.4. The van der Waals surface area contributed by atoms with Crippen LogP contribution < -0.4 is 0 Å². The van der Waals surface area contributed by atoms with Crippen LogP contribution in [-0.2, 0) is 6.42 Å². The van der Waals surface area contributed by atoms with E-state index in [1.165, 1.54) is 10.9 Å². The maximum absolute atomic E-state index is 6.35. The number of para-hydroxylation sites is 1. The van der Waals surface area contributed by atoms with Crippen molar-refractivity contribution >= 4 is 22.5 Å². The molecule has 0 radical (unpaired) electrons. The highest BCUT2D eigenvalue weighted by atomic mass is 35.5. The van der Waals surface area contributed by atoms with E-state index in [9.17, 15) is 0 Å². The van der Waals surface area contributed by atoms with Gasteiger partial charge in [0.2, 0.25) is 0 Å². The van der Waals surface area contributed by atoms with Gasteiger partial charge in [0.05, 0.1) is 5.52 Å². The first-order valence-electron chi connectivity index (χ1n) is 6.20. The van der Waals surface area contributed by atoms with Crippen LogP contribution in [-0.4, -0.2) is 10.4 Å². The minimum absolute atomic E-state index is 0.227. The second kappa shape index (κ2) is 5.50. The van der Waals surface area contributed by atoms with E-state index in [-0.39, 0.29) is 5.38 Å². The largest absolute Gasteiger partial charge is 0.253 e. The third-order valence-corrected chi connectivity index (χ3v) is 3.35. The second-order valence-corrected chi connectivity index (χ2v) is 5.15. The molecule has 0 aliphatic rings. The monoisotopic (exact) mass is 247 g/mol. The summed E-state index contributed by atoms with van der Waals surface area (Å²) in [5.41, 5.74) is 3.46. The van der Waals surface area contributed by atoms with E-state index in [0.717, 1.165) is 30.5 Å². The van der Waals surface area contributed by atoms with Gasteiger partial charge in [0.25, 0.3) is 0 Å². The molecular weight excluding hydrogens is 230 g/mol. The summed E-state index contributed by atoms with van der Waals surface area (Å²) in [6.45, 7) is 4.21. The maximum atomic E-state index is 6.35. The summed E-state index contributed by atoms with van der Waals surface area (Å²) in [6.07, 6.45) is 3.13. The fourth-order valence-corrected chi connectivity index (χ4v) is 2.60. The predicted molar refractivity (Wildman–Crippen MR) is 74.7 cm³/mol. The number of halogens is 1. The SMILES string of the molecule is CCCC(Cl)Cc1cc(C)nc2ccccc12. The molecular formula is C15H18ClN. The standard InChI is InChI=1S/C15H18ClN/c1-3-6-13(16)10-12-9-11(2)17-15-8-5-4-7-14(12)15/h4-5,7-9,13H,3,6,10H2,1-2H3. The fraction of sp³-hybridized carbons (Fsp3) is 0.400. The molecule has 1 aromatic heterocycles. The number of hydrogen-bond donors (Lipinski definition) is 0. The molecule has 2 aromatic rings. The van der Waals surface area contributed by atoms with Gasteiger partial charge in [-0.1, -0.05) is 31.5 Å². The fourth-order valence-electron chi connectivity index (χ4n) is 2.22. The minimum atomic E-state index is 0.227. The van der Waals surface area contributed by atoms with Crippen molar-refractivity contribution in [3.8, 4) is 0 Å². The van der Waals surface area contributed by atoms with Crippen LogP contribution in [0.1, 0.15) is 31.0 Å². The molecule has 17 heavy (non-hydrogen) atoms. The lowest BCUT2D eigenvalue weighted by Crippen LogP contribution is -2.04. The molecule has 2 rings (SSSR count). The number of benzene rings is 1. The Morgan fingerprint density at radius 2 is 2.06 bits per heavy atom. The molecule has 0 aliphatic heterocycles. The Morgan fingerprint density at radius 3 is 2.82 bits per heavy atom. The Morgan fingerprint density at radius 1 is 1.29 bits per heavy atom. The van der Waals surface area contributed by atoms with E-state index in [1.807, 2.05) is 13.0 Å². The third kappa shape index (κ3) is 2.98. The number of rotatable bonds is 4. The Hall–Kier alpha value is -1.08. The van der Waals surface area contributed by atoms with Gasteiger partial charge in [-0.05, 0) is 37.5 Å². The zero-order valence-electron chi connectivity index (χ0n) is 10.4. The van der Waals surface area contributed by atoms with Gasteiger partial charge >= 0.3 is 0 Å². The molecule has 0 N–H and O–H groups in total. The zero-order chi connectivity index (χ0) is 12.3. The molecule has 1 heterocycles. The van der Waals surface area contributed by atoms with Gasteiger partial charge < -0.3 is 0 Å². The molecule has 1 atom stereocenters. The Kier molecular flexibility index (Phi) is 4.01. The first-order chi connectivity index (χ1) is 8.20. The number of hydrogen-bond acceptors (Lipinski definition) is 1. The lowest BCUT2D eigenvalue weighted by molar-refractivity contribution is 0.728. The maximum Gasteiger partial charge on any atom is 0.0707 e. The number of pyridine rings is 1. The summed E-state index contributed by atoms with van der Waals surface area (Å²) in [5.74, 6) is 0. The van der Waals surface area contributed by atoms with Crippen molar-refractivity contribution < 1.29 is 0 Å². The van der Waals surface area contributed by atoms with Crippen molar-refractivity contribution in [3.05, 3.63) is 41.6 Å². The highest BCUT2D eigenvalue weighted by Crippen LogP contribution is 2.22. The predicted octanol–water partition coefficient (Wildman–Crippen LogP) is 4.49. The lowest BCUT2D eigenvalue weighted by atomic mass is 10.0. The highest BCUT2D eigenvalue weighted by molar-refractivity contribution is 6.20. The van der Waals surface area contributed by atoms with Crippen LogP contribution in [0.15, 0.2) is 30.3 Å². The third-order valence-electron chi connectivity index (χ3n) is 2.97. The highest BCUT2D eigenvalue weighted by Gasteiger charge is 2.09. The average Bonchev–Trinajstić information content (AvgIpc) is 2.29. The normalized spacial score (nSPS) is 12.9. The molecule has 1 unspecified atom stereocenters. The van der Waals surface area contributed by atoms with Gasteiger partial charge in [0.1, 0.15) is 0 Å². The topological polar surface area (TPSA) is 12.9 Å². The number of alkyl halides is 1. The molecule has 0 aliphatic carbocycles. The van der Waals surface area contributed by atoms with Crippen molar-refractivity contribution in [3.63, 3.8) is 0 Å². The van der Waals surface area contributed by atoms with E-state index < -0.39 is 0 Å². The van der Waals surface area contributed by atoms with Gasteiger partial charge in [0, 0.05) is 16.5 Å².